The topological polar surface area (TPSA) is 12.0 Å². The van der Waals surface area contributed by atoms with E-state index in [0.29, 0.717) is 0 Å². The summed E-state index contributed by atoms with van der Waals surface area (Å²) in [6.07, 6.45) is 10.9. The number of aryl methyl sites for hydroxylation is 1. The molecule has 1 heteroatoms. The van der Waals surface area contributed by atoms with E-state index in [2.05, 4.69) is 49.2 Å². The first kappa shape index (κ1) is 13.2. The third-order valence-electron chi connectivity index (χ3n) is 4.14. The maximum Gasteiger partial charge on any atom is 0.0408 e. The molecule has 1 fully saturated rings. The Hall–Kier alpha value is -1.24. The van der Waals surface area contributed by atoms with Crippen molar-refractivity contribution in [3.8, 4) is 0 Å². The molecule has 0 spiro atoms. The van der Waals surface area contributed by atoms with Crippen LogP contribution in [-0.2, 0) is 6.42 Å². The Labute approximate surface area is 111 Å². The van der Waals surface area contributed by atoms with Gasteiger partial charge in [0.2, 0.25) is 0 Å². The molecule has 1 aliphatic rings. The van der Waals surface area contributed by atoms with Crippen molar-refractivity contribution in [1.82, 2.24) is 0 Å². The molecule has 18 heavy (non-hydrogen) atoms. The van der Waals surface area contributed by atoms with Crippen LogP contribution in [0.3, 0.4) is 0 Å². The summed E-state index contributed by atoms with van der Waals surface area (Å²) in [6, 6.07) is 8.71. The molecule has 0 unspecified atom stereocenters. The average molecular weight is 243 g/mol. The molecule has 0 radical (unpaired) electrons. The number of hydrogen-bond donors (Lipinski definition) is 1. The highest BCUT2D eigenvalue weighted by molar-refractivity contribution is 5.53. The zero-order valence-corrected chi connectivity index (χ0v) is 11.5. The van der Waals surface area contributed by atoms with Gasteiger partial charge in [-0.3, -0.25) is 0 Å². The number of rotatable bonds is 5. The van der Waals surface area contributed by atoms with Crippen LogP contribution in [-0.4, -0.2) is 5.54 Å². The molecule has 0 saturated heterocycles. The van der Waals surface area contributed by atoms with Crippen LogP contribution >= 0.6 is 0 Å². The van der Waals surface area contributed by atoms with Crippen LogP contribution in [0.4, 0.5) is 5.69 Å². The Morgan fingerprint density at radius 3 is 2.61 bits per heavy atom. The molecule has 0 atom stereocenters. The molecule has 1 N–H and O–H groups in total. The molecule has 1 aliphatic carbocycles. The summed E-state index contributed by atoms with van der Waals surface area (Å²) in [5.41, 5.74) is 3.00. The standard InChI is InChI=1S/C17H25N/c1-3-12-17(13-8-5-9-14-17)18-16-11-7-6-10-15(16)4-2/h3,6-7,10-11,18H,1,4-5,8-9,12-14H2,2H3. The normalized spacial score (nSPS) is 18.3. The smallest absolute Gasteiger partial charge is 0.0408 e. The van der Waals surface area contributed by atoms with Crippen LogP contribution in [0, 0.1) is 0 Å². The number of hydrogen-bond acceptors (Lipinski definition) is 1. The number of para-hydroxylation sites is 1. The lowest BCUT2D eigenvalue weighted by Crippen LogP contribution is -2.40. The van der Waals surface area contributed by atoms with E-state index < -0.39 is 0 Å². The van der Waals surface area contributed by atoms with E-state index in [1.807, 2.05) is 0 Å². The van der Waals surface area contributed by atoms with E-state index in [9.17, 15) is 0 Å². The first-order valence-corrected chi connectivity index (χ1v) is 7.27. The Balaban J connectivity index is 2.19. The van der Waals surface area contributed by atoms with Crippen LogP contribution in [0.2, 0.25) is 0 Å². The molecular formula is C17H25N. The Morgan fingerprint density at radius 1 is 1.22 bits per heavy atom. The zero-order valence-electron chi connectivity index (χ0n) is 11.5. The molecule has 98 valence electrons. The van der Waals surface area contributed by atoms with Crippen molar-refractivity contribution < 1.29 is 0 Å². The largest absolute Gasteiger partial charge is 0.379 e. The van der Waals surface area contributed by atoms with Gasteiger partial charge in [-0.05, 0) is 37.3 Å². The van der Waals surface area contributed by atoms with Gasteiger partial charge in [-0.25, -0.2) is 0 Å². The summed E-state index contributed by atoms with van der Waals surface area (Å²) in [6.45, 7) is 6.17. The van der Waals surface area contributed by atoms with E-state index in [0.717, 1.165) is 12.8 Å². The van der Waals surface area contributed by atoms with Crippen molar-refractivity contribution in [1.29, 1.82) is 0 Å². The van der Waals surface area contributed by atoms with Gasteiger partial charge in [0, 0.05) is 11.2 Å². The van der Waals surface area contributed by atoms with Crippen LogP contribution in [0.1, 0.15) is 51.0 Å². The lowest BCUT2D eigenvalue weighted by Gasteiger charge is -2.39. The van der Waals surface area contributed by atoms with Gasteiger partial charge in [0.1, 0.15) is 0 Å². The molecule has 0 aliphatic heterocycles. The summed E-state index contributed by atoms with van der Waals surface area (Å²) >= 11 is 0. The second kappa shape index (κ2) is 6.08. The molecule has 0 amide bonds. The maximum atomic E-state index is 3.94. The van der Waals surface area contributed by atoms with Gasteiger partial charge < -0.3 is 5.32 Å². The highest BCUT2D eigenvalue weighted by Gasteiger charge is 2.30. The van der Waals surface area contributed by atoms with Gasteiger partial charge in [-0.15, -0.1) is 6.58 Å². The van der Waals surface area contributed by atoms with Crippen molar-refractivity contribution in [2.75, 3.05) is 5.32 Å². The van der Waals surface area contributed by atoms with Gasteiger partial charge in [-0.1, -0.05) is 50.5 Å². The van der Waals surface area contributed by atoms with Gasteiger partial charge >= 0.3 is 0 Å². The first-order valence-electron chi connectivity index (χ1n) is 7.27. The minimum atomic E-state index is 0.255. The molecule has 0 bridgehead atoms. The number of benzene rings is 1. The van der Waals surface area contributed by atoms with E-state index in [4.69, 9.17) is 0 Å². The predicted octanol–water partition coefficient (Wildman–Crippen LogP) is 4.94. The van der Waals surface area contributed by atoms with Crippen LogP contribution in [0.25, 0.3) is 0 Å². The third kappa shape index (κ3) is 2.95. The van der Waals surface area contributed by atoms with Gasteiger partial charge in [0.25, 0.3) is 0 Å². The Bertz CT molecular complexity index is 388. The zero-order chi connectivity index (χ0) is 12.8. The summed E-state index contributed by atoms with van der Waals surface area (Å²) < 4.78 is 0. The quantitative estimate of drug-likeness (QED) is 0.722. The molecule has 2 rings (SSSR count). The number of anilines is 1. The first-order chi connectivity index (χ1) is 8.79. The molecule has 1 aromatic rings. The Kier molecular flexibility index (Phi) is 4.46. The van der Waals surface area contributed by atoms with Crippen molar-refractivity contribution in [3.63, 3.8) is 0 Å². The fraction of sp³-hybridized carbons (Fsp3) is 0.529. The molecule has 1 saturated carbocycles. The lowest BCUT2D eigenvalue weighted by molar-refractivity contribution is 0.326. The van der Waals surface area contributed by atoms with Crippen molar-refractivity contribution in [3.05, 3.63) is 42.5 Å². The van der Waals surface area contributed by atoms with Crippen LogP contribution < -0.4 is 5.32 Å². The lowest BCUT2D eigenvalue weighted by atomic mass is 9.79. The highest BCUT2D eigenvalue weighted by Crippen LogP contribution is 2.35. The molecule has 0 heterocycles. The van der Waals surface area contributed by atoms with E-state index >= 15 is 0 Å². The minimum Gasteiger partial charge on any atom is -0.379 e. The second-order valence-corrected chi connectivity index (χ2v) is 5.47. The van der Waals surface area contributed by atoms with Crippen molar-refractivity contribution in [2.45, 2.75) is 57.4 Å². The van der Waals surface area contributed by atoms with Crippen molar-refractivity contribution in [2.24, 2.45) is 0 Å². The molecule has 0 aromatic heterocycles. The average Bonchev–Trinajstić information content (AvgIpc) is 2.40. The predicted molar refractivity (Wildman–Crippen MR) is 80.1 cm³/mol. The van der Waals surface area contributed by atoms with E-state index in [-0.39, 0.29) is 5.54 Å². The highest BCUT2D eigenvalue weighted by atomic mass is 15.0. The Morgan fingerprint density at radius 2 is 1.94 bits per heavy atom. The number of nitrogens with one attached hydrogen (secondary N) is 1. The molecule has 1 aromatic carbocycles. The third-order valence-corrected chi connectivity index (χ3v) is 4.14. The van der Waals surface area contributed by atoms with E-state index in [1.54, 1.807) is 0 Å². The maximum absolute atomic E-state index is 3.94. The fourth-order valence-electron chi connectivity index (χ4n) is 3.12. The summed E-state index contributed by atoms with van der Waals surface area (Å²) in [4.78, 5) is 0. The van der Waals surface area contributed by atoms with Gasteiger partial charge in [-0.2, -0.15) is 0 Å². The van der Waals surface area contributed by atoms with E-state index in [1.165, 1.54) is 43.4 Å². The van der Waals surface area contributed by atoms with Crippen LogP contribution in [0.5, 0.6) is 0 Å². The van der Waals surface area contributed by atoms with Gasteiger partial charge in [0.05, 0.1) is 0 Å². The second-order valence-electron chi connectivity index (χ2n) is 5.47. The minimum absolute atomic E-state index is 0.255. The summed E-state index contributed by atoms with van der Waals surface area (Å²) in [5, 5.41) is 3.84. The summed E-state index contributed by atoms with van der Waals surface area (Å²) in [5.74, 6) is 0. The monoisotopic (exact) mass is 243 g/mol. The SMILES string of the molecule is C=CCC1(Nc2ccccc2CC)CCCCC1. The van der Waals surface area contributed by atoms with Crippen LogP contribution in [0.15, 0.2) is 36.9 Å². The van der Waals surface area contributed by atoms with Gasteiger partial charge in [0.15, 0.2) is 0 Å². The molecular weight excluding hydrogens is 218 g/mol. The molecule has 1 nitrogen and oxygen atoms in total. The fourth-order valence-corrected chi connectivity index (χ4v) is 3.12. The summed E-state index contributed by atoms with van der Waals surface area (Å²) in [7, 11) is 0. The van der Waals surface area contributed by atoms with Crippen molar-refractivity contribution >= 4 is 5.69 Å².